The number of anilines is 1. The summed E-state index contributed by atoms with van der Waals surface area (Å²) in [5.41, 5.74) is -0.151. The number of thiophene rings is 1. The number of nitro benzene ring substituents is 1. The molecular weight excluding hydrogens is 434 g/mol. The van der Waals surface area contributed by atoms with Crippen LogP contribution in [0, 0.1) is 10.1 Å². The fourth-order valence-electron chi connectivity index (χ4n) is 1.94. The molecule has 134 valence electrons. The molecule has 0 saturated carbocycles. The number of sulfone groups is 1. The topological polar surface area (TPSA) is 118 Å². The third-order valence-corrected chi connectivity index (χ3v) is 5.85. The number of carbonyl (C=O) groups is 1. The van der Waals surface area contributed by atoms with E-state index in [1.807, 2.05) is 0 Å². The van der Waals surface area contributed by atoms with Gasteiger partial charge >= 0.3 is 0 Å². The van der Waals surface area contributed by atoms with Crippen molar-refractivity contribution in [1.29, 1.82) is 0 Å². The van der Waals surface area contributed by atoms with E-state index < -0.39 is 14.8 Å². The Morgan fingerprint density at radius 1 is 1.28 bits per heavy atom. The summed E-state index contributed by atoms with van der Waals surface area (Å²) >= 11 is 4.57. The van der Waals surface area contributed by atoms with Crippen LogP contribution in [0.4, 0.5) is 11.4 Å². The first-order chi connectivity index (χ1) is 11.7. The molecule has 11 heteroatoms. The standard InChI is InChI=1S/C14H14BrN3O5S2/c1-25(22,23)9-2-3-10(11(8-9)18(20)21)16-6-7-17-14(19)12-4-5-13(15)24-12/h2-5,8,16H,6-7H2,1H3,(H,17,19). The SMILES string of the molecule is CS(=O)(=O)c1ccc(NCCNC(=O)c2ccc(Br)s2)c([N+](=O)[O-])c1. The summed E-state index contributed by atoms with van der Waals surface area (Å²) in [4.78, 5) is 22.8. The number of nitrogens with one attached hydrogen (secondary N) is 2. The van der Waals surface area contributed by atoms with Gasteiger partial charge < -0.3 is 10.6 Å². The van der Waals surface area contributed by atoms with Gasteiger partial charge in [-0.1, -0.05) is 0 Å². The zero-order valence-corrected chi connectivity index (χ0v) is 16.2. The molecule has 2 aromatic rings. The van der Waals surface area contributed by atoms with Gasteiger partial charge in [0.2, 0.25) is 0 Å². The lowest BCUT2D eigenvalue weighted by molar-refractivity contribution is -0.384. The van der Waals surface area contributed by atoms with Crippen LogP contribution in [0.15, 0.2) is 39.0 Å². The Bertz CT molecular complexity index is 911. The number of amides is 1. The molecule has 1 aromatic carbocycles. The van der Waals surface area contributed by atoms with Gasteiger partial charge in [0.25, 0.3) is 11.6 Å². The van der Waals surface area contributed by atoms with Crippen molar-refractivity contribution in [3.63, 3.8) is 0 Å². The second kappa shape index (κ2) is 7.93. The molecule has 25 heavy (non-hydrogen) atoms. The summed E-state index contributed by atoms with van der Waals surface area (Å²) in [6.07, 6.45) is 0.984. The van der Waals surface area contributed by atoms with E-state index in [1.54, 1.807) is 12.1 Å². The van der Waals surface area contributed by atoms with E-state index in [2.05, 4.69) is 26.6 Å². The Hall–Kier alpha value is -1.98. The molecule has 0 aliphatic carbocycles. The zero-order chi connectivity index (χ0) is 18.6. The summed E-state index contributed by atoms with van der Waals surface area (Å²) in [5, 5.41) is 16.6. The van der Waals surface area contributed by atoms with Crippen LogP contribution < -0.4 is 10.6 Å². The number of rotatable bonds is 7. The Morgan fingerprint density at radius 2 is 2.00 bits per heavy atom. The lowest BCUT2D eigenvalue weighted by Crippen LogP contribution is -2.28. The Morgan fingerprint density at radius 3 is 2.56 bits per heavy atom. The van der Waals surface area contributed by atoms with E-state index in [-0.39, 0.29) is 35.3 Å². The minimum Gasteiger partial charge on any atom is -0.378 e. The maximum atomic E-state index is 11.9. The highest BCUT2D eigenvalue weighted by atomic mass is 79.9. The molecule has 0 fully saturated rings. The van der Waals surface area contributed by atoms with E-state index in [9.17, 15) is 23.3 Å². The van der Waals surface area contributed by atoms with E-state index in [1.165, 1.54) is 23.5 Å². The van der Waals surface area contributed by atoms with Crippen molar-refractivity contribution >= 4 is 54.4 Å². The third-order valence-electron chi connectivity index (χ3n) is 3.12. The monoisotopic (exact) mass is 447 g/mol. The van der Waals surface area contributed by atoms with Crippen molar-refractivity contribution in [2.75, 3.05) is 24.7 Å². The third kappa shape index (κ3) is 5.25. The summed E-state index contributed by atoms with van der Waals surface area (Å²) in [6, 6.07) is 7.11. The van der Waals surface area contributed by atoms with Gasteiger partial charge in [-0.05, 0) is 40.2 Å². The van der Waals surface area contributed by atoms with E-state index in [4.69, 9.17) is 0 Å². The normalized spacial score (nSPS) is 11.1. The molecule has 1 amide bonds. The Kier molecular flexibility index (Phi) is 6.14. The van der Waals surface area contributed by atoms with Crippen LogP contribution in [-0.4, -0.2) is 38.6 Å². The van der Waals surface area contributed by atoms with Crippen molar-refractivity contribution < 1.29 is 18.1 Å². The molecule has 0 radical (unpaired) electrons. The highest BCUT2D eigenvalue weighted by molar-refractivity contribution is 9.11. The van der Waals surface area contributed by atoms with Gasteiger partial charge in [-0.25, -0.2) is 8.42 Å². The van der Waals surface area contributed by atoms with Crippen molar-refractivity contribution in [2.45, 2.75) is 4.90 Å². The molecule has 0 unspecified atom stereocenters. The van der Waals surface area contributed by atoms with Crippen LogP contribution >= 0.6 is 27.3 Å². The molecule has 0 bridgehead atoms. The van der Waals surface area contributed by atoms with Crippen LogP contribution in [-0.2, 0) is 9.84 Å². The molecule has 0 aliphatic rings. The molecule has 0 atom stereocenters. The fourth-order valence-corrected chi connectivity index (χ4v) is 3.88. The number of nitro groups is 1. The van der Waals surface area contributed by atoms with E-state index in [0.29, 0.717) is 4.88 Å². The first kappa shape index (κ1) is 19.3. The Balaban J connectivity index is 1.98. The Labute approximate surface area is 156 Å². The molecule has 2 rings (SSSR count). The number of halogens is 1. The summed E-state index contributed by atoms with van der Waals surface area (Å²) < 4.78 is 23.8. The van der Waals surface area contributed by atoms with Gasteiger partial charge in [-0.3, -0.25) is 14.9 Å². The molecule has 1 heterocycles. The van der Waals surface area contributed by atoms with Gasteiger partial charge in [0.1, 0.15) is 5.69 Å². The van der Waals surface area contributed by atoms with Crippen molar-refractivity contribution in [2.24, 2.45) is 0 Å². The van der Waals surface area contributed by atoms with Crippen LogP contribution in [0.3, 0.4) is 0 Å². The number of hydrogen-bond acceptors (Lipinski definition) is 7. The molecule has 0 spiro atoms. The van der Waals surface area contributed by atoms with E-state index >= 15 is 0 Å². The highest BCUT2D eigenvalue weighted by Gasteiger charge is 2.18. The van der Waals surface area contributed by atoms with Gasteiger partial charge in [0.15, 0.2) is 9.84 Å². The minimum atomic E-state index is -3.53. The smallest absolute Gasteiger partial charge is 0.293 e. The largest absolute Gasteiger partial charge is 0.378 e. The van der Waals surface area contributed by atoms with Crippen molar-refractivity contribution in [3.8, 4) is 0 Å². The average molecular weight is 448 g/mol. The maximum Gasteiger partial charge on any atom is 0.293 e. The number of hydrogen-bond donors (Lipinski definition) is 2. The van der Waals surface area contributed by atoms with Gasteiger partial charge in [-0.2, -0.15) is 0 Å². The number of benzene rings is 1. The summed E-state index contributed by atoms with van der Waals surface area (Å²) in [7, 11) is -3.53. The summed E-state index contributed by atoms with van der Waals surface area (Å²) in [6.45, 7) is 0.497. The fraction of sp³-hybridized carbons (Fsp3) is 0.214. The molecule has 2 N–H and O–H groups in total. The predicted octanol–water partition coefficient (Wildman–Crippen LogP) is 2.66. The second-order valence-corrected chi connectivity index (χ2v) is 9.47. The quantitative estimate of drug-likeness (QED) is 0.382. The zero-order valence-electron chi connectivity index (χ0n) is 13.0. The van der Waals surface area contributed by atoms with Crippen LogP contribution in [0.1, 0.15) is 9.67 Å². The van der Waals surface area contributed by atoms with Crippen molar-refractivity contribution in [3.05, 3.63) is 49.1 Å². The molecule has 0 aliphatic heterocycles. The molecule has 1 aromatic heterocycles. The lowest BCUT2D eigenvalue weighted by Gasteiger charge is -2.09. The molecule has 8 nitrogen and oxygen atoms in total. The van der Waals surface area contributed by atoms with Gasteiger partial charge in [0, 0.05) is 25.4 Å². The van der Waals surface area contributed by atoms with Crippen LogP contribution in [0.25, 0.3) is 0 Å². The predicted molar refractivity (Wildman–Crippen MR) is 99.0 cm³/mol. The average Bonchev–Trinajstić information content (AvgIpc) is 2.97. The number of carbonyl (C=O) groups excluding carboxylic acids is 1. The van der Waals surface area contributed by atoms with Crippen LogP contribution in [0.2, 0.25) is 0 Å². The second-order valence-electron chi connectivity index (χ2n) is 4.99. The van der Waals surface area contributed by atoms with Crippen molar-refractivity contribution in [1.82, 2.24) is 5.32 Å². The van der Waals surface area contributed by atoms with E-state index in [0.717, 1.165) is 16.1 Å². The highest BCUT2D eigenvalue weighted by Crippen LogP contribution is 2.27. The first-order valence-corrected chi connectivity index (χ1v) is 10.4. The minimum absolute atomic E-state index is 0.124. The number of nitrogens with zero attached hydrogens (tertiary/aromatic N) is 1. The summed E-state index contributed by atoms with van der Waals surface area (Å²) in [5.74, 6) is -0.237. The van der Waals surface area contributed by atoms with Crippen LogP contribution in [0.5, 0.6) is 0 Å². The van der Waals surface area contributed by atoms with Gasteiger partial charge in [-0.15, -0.1) is 11.3 Å². The lowest BCUT2D eigenvalue weighted by atomic mass is 10.2. The first-order valence-electron chi connectivity index (χ1n) is 6.94. The molecule has 0 saturated heterocycles. The molecular formula is C14H14BrN3O5S2. The maximum absolute atomic E-state index is 11.9. The van der Waals surface area contributed by atoms with Gasteiger partial charge in [0.05, 0.1) is 18.5 Å².